The summed E-state index contributed by atoms with van der Waals surface area (Å²) >= 11 is 0. The largest absolute Gasteiger partial charge is 0.502 e. The van der Waals surface area contributed by atoms with Gasteiger partial charge in [-0.1, -0.05) is 38.8 Å². The zero-order valence-electron chi connectivity index (χ0n) is 22.9. The minimum absolute atomic E-state index is 0.0642. The van der Waals surface area contributed by atoms with Gasteiger partial charge in [0.2, 0.25) is 5.75 Å². The molecule has 0 radical (unpaired) electrons. The van der Waals surface area contributed by atoms with Crippen molar-refractivity contribution in [1.82, 2.24) is 9.80 Å². The van der Waals surface area contributed by atoms with E-state index in [-0.39, 0.29) is 23.0 Å². The van der Waals surface area contributed by atoms with E-state index in [1.165, 1.54) is 0 Å². The van der Waals surface area contributed by atoms with Crippen LogP contribution in [-0.2, 0) is 0 Å². The Kier molecular flexibility index (Phi) is 11.8. The molecule has 1 aliphatic heterocycles. The van der Waals surface area contributed by atoms with Crippen LogP contribution in [0.5, 0.6) is 23.0 Å². The molecule has 1 saturated heterocycles. The number of phenolic OH excluding ortho intramolecular Hbond substituents is 1. The van der Waals surface area contributed by atoms with E-state index in [0.29, 0.717) is 25.3 Å². The Bertz CT molecular complexity index is 1000. The highest BCUT2D eigenvalue weighted by molar-refractivity contribution is 6.05. The first-order valence-electron chi connectivity index (χ1n) is 13.6. The van der Waals surface area contributed by atoms with Crippen LogP contribution in [0, 0.1) is 0 Å². The molecule has 1 atom stereocenters. The van der Waals surface area contributed by atoms with Crippen molar-refractivity contribution in [3.63, 3.8) is 0 Å². The fourth-order valence-electron chi connectivity index (χ4n) is 4.14. The van der Waals surface area contributed by atoms with Gasteiger partial charge in [-0.15, -0.1) is 0 Å². The summed E-state index contributed by atoms with van der Waals surface area (Å²) in [5, 5.41) is 21.2. The second kappa shape index (κ2) is 15.2. The predicted molar refractivity (Wildman–Crippen MR) is 148 cm³/mol. The van der Waals surface area contributed by atoms with Crippen LogP contribution in [0.4, 0.5) is 0 Å². The summed E-state index contributed by atoms with van der Waals surface area (Å²) in [5.41, 5.74) is 1.28. The maximum Gasteiger partial charge on any atom is 0.200 e. The third-order valence-electron chi connectivity index (χ3n) is 6.61. The minimum Gasteiger partial charge on any atom is -0.502 e. The van der Waals surface area contributed by atoms with Crippen LogP contribution in [-0.4, -0.2) is 78.8 Å². The molecular formula is C30H42N2O6. The van der Waals surface area contributed by atoms with E-state index in [1.54, 1.807) is 25.3 Å². The fraction of sp³-hybridized carbons (Fsp3) is 0.500. The van der Waals surface area contributed by atoms with Crippen molar-refractivity contribution < 1.29 is 29.2 Å². The Morgan fingerprint density at radius 3 is 2.08 bits per heavy atom. The Labute approximate surface area is 226 Å². The number of piperazine rings is 1. The van der Waals surface area contributed by atoms with Gasteiger partial charge in [-0.2, -0.15) is 0 Å². The average molecular weight is 527 g/mol. The van der Waals surface area contributed by atoms with Gasteiger partial charge in [0.15, 0.2) is 17.3 Å². The van der Waals surface area contributed by atoms with Gasteiger partial charge >= 0.3 is 0 Å². The molecule has 3 rings (SSSR count). The summed E-state index contributed by atoms with van der Waals surface area (Å²) < 4.78 is 16.7. The van der Waals surface area contributed by atoms with Crippen molar-refractivity contribution in [2.45, 2.75) is 45.6 Å². The van der Waals surface area contributed by atoms with Gasteiger partial charge < -0.3 is 29.3 Å². The monoisotopic (exact) mass is 526 g/mol. The van der Waals surface area contributed by atoms with Gasteiger partial charge in [0, 0.05) is 50.6 Å². The van der Waals surface area contributed by atoms with E-state index in [2.05, 4.69) is 23.6 Å². The molecule has 8 nitrogen and oxygen atoms in total. The molecule has 0 aliphatic carbocycles. The highest BCUT2D eigenvalue weighted by Gasteiger charge is 2.20. The highest BCUT2D eigenvalue weighted by Crippen LogP contribution is 2.38. The number of aromatic hydroxyl groups is 1. The number of allylic oxidation sites excluding steroid dienone is 1. The first-order chi connectivity index (χ1) is 18.4. The number of hydrogen-bond acceptors (Lipinski definition) is 8. The third-order valence-corrected chi connectivity index (χ3v) is 6.61. The number of nitrogens with zero attached hydrogens (tertiary/aromatic N) is 2. The molecule has 1 heterocycles. The zero-order chi connectivity index (χ0) is 27.3. The summed E-state index contributed by atoms with van der Waals surface area (Å²) in [5.74, 6) is 1.07. The number of ketones is 1. The number of aliphatic hydroxyl groups is 1. The molecule has 38 heavy (non-hydrogen) atoms. The van der Waals surface area contributed by atoms with E-state index in [0.717, 1.165) is 63.2 Å². The topological polar surface area (TPSA) is 91.7 Å². The number of benzene rings is 2. The number of carbonyl (C=O) groups is 1. The first-order valence-corrected chi connectivity index (χ1v) is 13.6. The molecule has 2 N–H and O–H groups in total. The minimum atomic E-state index is -0.568. The van der Waals surface area contributed by atoms with E-state index in [9.17, 15) is 15.0 Å². The molecule has 1 unspecified atom stereocenters. The number of β-amino-alcohol motifs (C(OH)–C–C–N with tert-alkyl or cyclic N) is 1. The predicted octanol–water partition coefficient (Wildman–Crippen LogP) is 4.81. The van der Waals surface area contributed by atoms with E-state index in [1.807, 2.05) is 30.5 Å². The summed E-state index contributed by atoms with van der Waals surface area (Å²) in [6.45, 7) is 8.69. The van der Waals surface area contributed by atoms with E-state index >= 15 is 0 Å². The second-order valence-corrected chi connectivity index (χ2v) is 9.53. The first kappa shape index (κ1) is 29.3. The van der Waals surface area contributed by atoms with Gasteiger partial charge in [-0.05, 0) is 42.7 Å². The number of hydrogen-bond donors (Lipinski definition) is 2. The van der Waals surface area contributed by atoms with Crippen LogP contribution < -0.4 is 14.2 Å². The van der Waals surface area contributed by atoms with Crippen molar-refractivity contribution in [3.8, 4) is 23.0 Å². The molecular weight excluding hydrogens is 484 g/mol. The number of aliphatic hydroxyl groups excluding tert-OH is 1. The van der Waals surface area contributed by atoms with E-state index in [4.69, 9.17) is 14.2 Å². The lowest BCUT2D eigenvalue weighted by atomic mass is 10.1. The summed E-state index contributed by atoms with van der Waals surface area (Å²) in [6, 6.07) is 10.7. The number of ether oxygens (including phenoxy) is 3. The summed E-state index contributed by atoms with van der Waals surface area (Å²) in [7, 11) is 1.62. The normalized spacial score (nSPS) is 15.0. The Morgan fingerprint density at radius 1 is 0.974 bits per heavy atom. The quantitative estimate of drug-likeness (QED) is 0.194. The lowest BCUT2D eigenvalue weighted by Crippen LogP contribution is -2.45. The van der Waals surface area contributed by atoms with Gasteiger partial charge in [-0.3, -0.25) is 9.69 Å². The maximum absolute atomic E-state index is 13.0. The summed E-state index contributed by atoms with van der Waals surface area (Å²) in [4.78, 5) is 17.3. The lowest BCUT2D eigenvalue weighted by Gasteiger charge is -2.35. The zero-order valence-corrected chi connectivity index (χ0v) is 22.9. The molecule has 1 aliphatic rings. The Hall–Kier alpha value is -3.23. The Morgan fingerprint density at radius 2 is 1.55 bits per heavy atom. The average Bonchev–Trinajstić information content (AvgIpc) is 2.94. The standard InChI is InChI=1S/C30H42N2O6/c1-4-6-18-37-28-20-24(21-29(30(28)35)38-19-7-5-2)26(33)12-13-31-14-16-32(17-15-31)22-27(34)23-8-10-25(36-3)11-9-23/h8-13,20-21,27,34-35H,4-7,14-19,22H2,1-3H3. The van der Waals surface area contributed by atoms with Crippen molar-refractivity contribution in [3.05, 3.63) is 59.8 Å². The third kappa shape index (κ3) is 8.67. The van der Waals surface area contributed by atoms with Crippen LogP contribution >= 0.6 is 0 Å². The fourth-order valence-corrected chi connectivity index (χ4v) is 4.14. The van der Waals surface area contributed by atoms with Crippen molar-refractivity contribution in [2.75, 3.05) is 53.0 Å². The highest BCUT2D eigenvalue weighted by atomic mass is 16.5. The Balaban J connectivity index is 1.57. The van der Waals surface area contributed by atoms with Crippen molar-refractivity contribution in [2.24, 2.45) is 0 Å². The number of methoxy groups -OCH3 is 1. The van der Waals surface area contributed by atoms with Gasteiger partial charge in [-0.25, -0.2) is 0 Å². The molecule has 0 amide bonds. The number of rotatable bonds is 15. The molecule has 1 fully saturated rings. The maximum atomic E-state index is 13.0. The molecule has 0 saturated carbocycles. The van der Waals surface area contributed by atoms with Crippen molar-refractivity contribution >= 4 is 5.78 Å². The number of carbonyl (C=O) groups excluding carboxylic acids is 1. The lowest BCUT2D eigenvalue weighted by molar-refractivity contribution is 0.0852. The van der Waals surface area contributed by atoms with Crippen LogP contribution in [0.15, 0.2) is 48.7 Å². The molecule has 0 aromatic heterocycles. The summed E-state index contributed by atoms with van der Waals surface area (Å²) in [6.07, 6.45) is 6.45. The second-order valence-electron chi connectivity index (χ2n) is 9.53. The van der Waals surface area contributed by atoms with Crippen molar-refractivity contribution in [1.29, 1.82) is 0 Å². The van der Waals surface area contributed by atoms with Crippen LogP contribution in [0.3, 0.4) is 0 Å². The van der Waals surface area contributed by atoms with Gasteiger partial charge in [0.25, 0.3) is 0 Å². The molecule has 8 heteroatoms. The van der Waals surface area contributed by atoms with E-state index < -0.39 is 6.10 Å². The number of unbranched alkanes of at least 4 members (excludes halogenated alkanes) is 2. The van der Waals surface area contributed by atoms with Crippen LogP contribution in [0.25, 0.3) is 0 Å². The molecule has 0 bridgehead atoms. The molecule has 208 valence electrons. The van der Waals surface area contributed by atoms with Crippen LogP contribution in [0.1, 0.15) is 61.6 Å². The molecule has 2 aromatic rings. The number of phenols is 1. The smallest absolute Gasteiger partial charge is 0.200 e. The molecule has 2 aromatic carbocycles. The SMILES string of the molecule is CCCCOc1cc(C(=O)C=CN2CCN(CC(O)c3ccc(OC)cc3)CC2)cc(OCCCC)c1O. The van der Waals surface area contributed by atoms with Crippen LogP contribution in [0.2, 0.25) is 0 Å². The van der Waals surface area contributed by atoms with Gasteiger partial charge in [0.05, 0.1) is 26.4 Å². The van der Waals surface area contributed by atoms with Gasteiger partial charge in [0.1, 0.15) is 5.75 Å². The molecule has 0 spiro atoms.